The highest BCUT2D eigenvalue weighted by molar-refractivity contribution is 9.11. The smallest absolute Gasteiger partial charge is 0.133 e. The second kappa shape index (κ2) is 5.51. The zero-order valence-corrected chi connectivity index (χ0v) is 12.0. The van der Waals surface area contributed by atoms with Gasteiger partial charge < -0.3 is 10.4 Å². The van der Waals surface area contributed by atoms with Gasteiger partial charge >= 0.3 is 0 Å². The quantitative estimate of drug-likeness (QED) is 0.874. The molecule has 0 unspecified atom stereocenters. The van der Waals surface area contributed by atoms with Gasteiger partial charge in [-0.15, -0.1) is 0 Å². The van der Waals surface area contributed by atoms with Crippen molar-refractivity contribution in [1.82, 2.24) is 4.98 Å². The Balaban J connectivity index is 2.07. The summed E-state index contributed by atoms with van der Waals surface area (Å²) in [6.07, 6.45) is 1.44. The molecule has 0 spiro atoms. The second-order valence-electron chi connectivity index (χ2n) is 3.49. The number of nitrogens with zero attached hydrogens (tertiary/aromatic N) is 1. The van der Waals surface area contributed by atoms with E-state index >= 15 is 0 Å². The van der Waals surface area contributed by atoms with Crippen molar-refractivity contribution in [2.45, 2.75) is 6.54 Å². The summed E-state index contributed by atoms with van der Waals surface area (Å²) in [5.41, 5.74) is 1.86. The molecule has 0 saturated carbocycles. The number of anilines is 1. The number of pyridine rings is 1. The molecule has 1 aromatic carbocycles. The number of hydrogen-bond donors (Lipinski definition) is 2. The minimum absolute atomic E-state index is 0.178. The Morgan fingerprint density at radius 2 is 2.00 bits per heavy atom. The van der Waals surface area contributed by atoms with Gasteiger partial charge in [-0.3, -0.25) is 4.98 Å². The van der Waals surface area contributed by atoms with Gasteiger partial charge in [0.15, 0.2) is 0 Å². The first kappa shape index (κ1) is 12.4. The predicted molar refractivity (Wildman–Crippen MR) is 75.1 cm³/mol. The monoisotopic (exact) mass is 356 g/mol. The van der Waals surface area contributed by atoms with Gasteiger partial charge in [0, 0.05) is 14.6 Å². The lowest BCUT2D eigenvalue weighted by Gasteiger charge is -2.08. The summed E-state index contributed by atoms with van der Waals surface area (Å²) in [5, 5.41) is 12.4. The molecule has 0 amide bonds. The Bertz CT molecular complexity index is 514. The Labute approximate surface area is 116 Å². The van der Waals surface area contributed by atoms with Crippen LogP contribution in [0.2, 0.25) is 0 Å². The van der Waals surface area contributed by atoms with E-state index in [-0.39, 0.29) is 5.75 Å². The lowest BCUT2D eigenvalue weighted by Crippen LogP contribution is -2.01. The number of aromatic hydroxyl groups is 1. The molecule has 0 atom stereocenters. The zero-order valence-electron chi connectivity index (χ0n) is 8.82. The molecule has 5 heteroatoms. The molecule has 2 N–H and O–H groups in total. The van der Waals surface area contributed by atoms with E-state index < -0.39 is 0 Å². The van der Waals surface area contributed by atoms with Crippen molar-refractivity contribution >= 4 is 37.5 Å². The van der Waals surface area contributed by atoms with Gasteiger partial charge in [-0.2, -0.15) is 0 Å². The van der Waals surface area contributed by atoms with Crippen LogP contribution in [0.25, 0.3) is 0 Å². The van der Waals surface area contributed by atoms with Gasteiger partial charge in [-0.05, 0) is 46.3 Å². The van der Waals surface area contributed by atoms with E-state index in [0.717, 1.165) is 20.3 Å². The summed E-state index contributed by atoms with van der Waals surface area (Å²) in [5.74, 6) is 0.178. The summed E-state index contributed by atoms with van der Waals surface area (Å²) in [6, 6.07) is 9.34. The van der Waals surface area contributed by atoms with Gasteiger partial charge in [0.1, 0.15) is 5.75 Å². The maximum absolute atomic E-state index is 9.13. The summed E-state index contributed by atoms with van der Waals surface area (Å²) in [4.78, 5) is 4.11. The van der Waals surface area contributed by atoms with Crippen LogP contribution in [-0.4, -0.2) is 10.1 Å². The lowest BCUT2D eigenvalue weighted by atomic mass is 10.3. The zero-order chi connectivity index (χ0) is 12.3. The average Bonchev–Trinajstić information content (AvgIpc) is 2.32. The molecule has 17 heavy (non-hydrogen) atoms. The van der Waals surface area contributed by atoms with E-state index in [1.807, 2.05) is 18.2 Å². The minimum Gasteiger partial charge on any atom is -0.506 e. The van der Waals surface area contributed by atoms with Crippen LogP contribution >= 0.6 is 31.9 Å². The molecular weight excluding hydrogens is 348 g/mol. The van der Waals surface area contributed by atoms with E-state index in [1.165, 1.54) is 6.20 Å². The molecule has 0 saturated heterocycles. The predicted octanol–water partition coefficient (Wildman–Crippen LogP) is 3.92. The lowest BCUT2D eigenvalue weighted by molar-refractivity contribution is 0.472. The molecule has 2 aromatic rings. The average molecular weight is 358 g/mol. The van der Waals surface area contributed by atoms with E-state index in [1.54, 1.807) is 12.1 Å². The molecule has 0 aliphatic rings. The highest BCUT2D eigenvalue weighted by Gasteiger charge is 2.01. The third-order valence-electron chi connectivity index (χ3n) is 2.20. The van der Waals surface area contributed by atoms with Crippen molar-refractivity contribution in [3.8, 4) is 5.75 Å². The van der Waals surface area contributed by atoms with Crippen LogP contribution in [0.4, 0.5) is 5.69 Å². The van der Waals surface area contributed by atoms with Gasteiger partial charge in [-0.25, -0.2) is 0 Å². The molecule has 2 rings (SSSR count). The molecule has 0 aliphatic carbocycles. The van der Waals surface area contributed by atoms with E-state index in [0.29, 0.717) is 6.54 Å². The molecule has 1 aromatic heterocycles. The minimum atomic E-state index is 0.178. The van der Waals surface area contributed by atoms with Gasteiger partial charge in [-0.1, -0.05) is 15.9 Å². The summed E-state index contributed by atoms with van der Waals surface area (Å²) >= 11 is 6.89. The largest absolute Gasteiger partial charge is 0.506 e. The van der Waals surface area contributed by atoms with Crippen molar-refractivity contribution in [1.29, 1.82) is 0 Å². The van der Waals surface area contributed by atoms with E-state index in [4.69, 9.17) is 5.11 Å². The first-order chi connectivity index (χ1) is 8.15. The molecule has 0 fully saturated rings. The first-order valence-electron chi connectivity index (χ1n) is 4.98. The van der Waals surface area contributed by atoms with Crippen LogP contribution in [0.5, 0.6) is 5.75 Å². The summed E-state index contributed by atoms with van der Waals surface area (Å²) < 4.78 is 2.02. The van der Waals surface area contributed by atoms with Crippen molar-refractivity contribution in [2.24, 2.45) is 0 Å². The van der Waals surface area contributed by atoms with Crippen LogP contribution < -0.4 is 5.32 Å². The van der Waals surface area contributed by atoms with Crippen molar-refractivity contribution in [3.05, 3.63) is 51.2 Å². The third kappa shape index (κ3) is 3.44. The maximum atomic E-state index is 9.13. The van der Waals surface area contributed by atoms with E-state index in [2.05, 4.69) is 42.2 Å². The van der Waals surface area contributed by atoms with Gasteiger partial charge in [0.25, 0.3) is 0 Å². The van der Waals surface area contributed by atoms with Crippen LogP contribution in [-0.2, 0) is 6.54 Å². The Morgan fingerprint density at radius 1 is 1.18 bits per heavy atom. The third-order valence-corrected chi connectivity index (χ3v) is 3.38. The number of hydrogen-bond acceptors (Lipinski definition) is 3. The Morgan fingerprint density at radius 3 is 2.71 bits per heavy atom. The fraction of sp³-hybridized carbons (Fsp3) is 0.0833. The van der Waals surface area contributed by atoms with Crippen LogP contribution in [0.3, 0.4) is 0 Å². The topological polar surface area (TPSA) is 45.1 Å². The molecular formula is C12H10Br2N2O. The van der Waals surface area contributed by atoms with E-state index in [9.17, 15) is 0 Å². The number of nitrogens with one attached hydrogen (secondary N) is 1. The highest BCUT2D eigenvalue weighted by Crippen LogP contribution is 2.26. The molecule has 3 nitrogen and oxygen atoms in total. The second-order valence-corrected chi connectivity index (χ2v) is 5.26. The molecule has 0 radical (unpaired) electrons. The fourth-order valence-corrected chi connectivity index (χ4v) is 2.09. The van der Waals surface area contributed by atoms with Gasteiger partial charge in [0.2, 0.25) is 0 Å². The van der Waals surface area contributed by atoms with Crippen molar-refractivity contribution < 1.29 is 5.11 Å². The SMILES string of the molecule is Oc1ccc(CNc2cc(Br)ccc2Br)nc1. The summed E-state index contributed by atoms with van der Waals surface area (Å²) in [6.45, 7) is 0.606. The number of aromatic nitrogens is 1. The Kier molecular flexibility index (Phi) is 4.02. The van der Waals surface area contributed by atoms with Crippen LogP contribution in [0, 0.1) is 0 Å². The van der Waals surface area contributed by atoms with Gasteiger partial charge in [0.05, 0.1) is 18.4 Å². The number of benzene rings is 1. The molecule has 1 heterocycles. The maximum Gasteiger partial charge on any atom is 0.133 e. The first-order valence-corrected chi connectivity index (χ1v) is 6.56. The van der Waals surface area contributed by atoms with Crippen LogP contribution in [0.1, 0.15) is 5.69 Å². The molecule has 0 aliphatic heterocycles. The highest BCUT2D eigenvalue weighted by atomic mass is 79.9. The normalized spacial score (nSPS) is 10.2. The van der Waals surface area contributed by atoms with Crippen molar-refractivity contribution in [3.63, 3.8) is 0 Å². The fourth-order valence-electron chi connectivity index (χ4n) is 1.34. The Hall–Kier alpha value is -1.07. The van der Waals surface area contributed by atoms with Crippen molar-refractivity contribution in [2.75, 3.05) is 5.32 Å². The van der Waals surface area contributed by atoms with Crippen LogP contribution in [0.15, 0.2) is 45.5 Å². The molecule has 88 valence electrons. The standard InChI is InChI=1S/C12H10Br2N2O/c13-8-1-4-11(14)12(5-8)16-6-9-2-3-10(17)7-15-9/h1-5,7,16-17H,6H2. The summed E-state index contributed by atoms with van der Waals surface area (Å²) in [7, 11) is 0. The molecule has 0 bridgehead atoms. The number of halogens is 2. The number of rotatable bonds is 3.